The summed E-state index contributed by atoms with van der Waals surface area (Å²) in [6.45, 7) is 15.3. The summed E-state index contributed by atoms with van der Waals surface area (Å²) in [6.07, 6.45) is 4.47. The molecule has 2 heterocycles. The van der Waals surface area contributed by atoms with Crippen LogP contribution in [0.4, 0.5) is 11.4 Å². The van der Waals surface area contributed by atoms with Gasteiger partial charge in [-0.25, -0.2) is 0 Å². The minimum atomic E-state index is 0.173. The summed E-state index contributed by atoms with van der Waals surface area (Å²) in [6, 6.07) is 7.25. The van der Waals surface area contributed by atoms with Gasteiger partial charge in [-0.1, -0.05) is 33.8 Å². The van der Waals surface area contributed by atoms with Crippen molar-refractivity contribution in [2.45, 2.75) is 58.9 Å². The number of likely N-dealkylation sites (N-methyl/N-ethyl adjacent to an activating group) is 1. The molecule has 4 rings (SSSR count). The molecule has 0 saturated carbocycles. The Bertz CT molecular complexity index is 815. The van der Waals surface area contributed by atoms with Gasteiger partial charge in [-0.05, 0) is 49.0 Å². The number of anilines is 1. The highest BCUT2D eigenvalue weighted by molar-refractivity contribution is 5.98. The SMILES string of the molecule is CC1N(C)c2cc(N=C3C=C(N4CCOCC4)CC(C)(C)C3)ccc2C1(C)C. The molecule has 0 amide bonds. The highest BCUT2D eigenvalue weighted by Crippen LogP contribution is 2.45. The third kappa shape index (κ3) is 3.47. The summed E-state index contributed by atoms with van der Waals surface area (Å²) in [7, 11) is 2.20. The molecule has 1 aromatic carbocycles. The van der Waals surface area contributed by atoms with Crippen LogP contribution in [0.5, 0.6) is 0 Å². The van der Waals surface area contributed by atoms with Crippen molar-refractivity contribution in [3.63, 3.8) is 0 Å². The van der Waals surface area contributed by atoms with Gasteiger partial charge in [0.25, 0.3) is 0 Å². The van der Waals surface area contributed by atoms with Crippen molar-refractivity contribution in [1.82, 2.24) is 4.90 Å². The van der Waals surface area contributed by atoms with Crippen LogP contribution in [0.15, 0.2) is 35.0 Å². The fraction of sp³-hybridized carbons (Fsp3) is 0.625. The first kappa shape index (κ1) is 19.5. The Morgan fingerprint density at radius 2 is 1.79 bits per heavy atom. The van der Waals surface area contributed by atoms with Gasteiger partial charge in [0.1, 0.15) is 0 Å². The Morgan fingerprint density at radius 3 is 2.50 bits per heavy atom. The maximum atomic E-state index is 5.54. The molecule has 152 valence electrons. The predicted octanol–water partition coefficient (Wildman–Crippen LogP) is 4.91. The predicted molar refractivity (Wildman–Crippen MR) is 118 cm³/mol. The van der Waals surface area contributed by atoms with Crippen LogP contribution in [0, 0.1) is 5.41 Å². The van der Waals surface area contributed by atoms with Crippen molar-refractivity contribution in [3.05, 3.63) is 35.5 Å². The first-order chi connectivity index (χ1) is 13.2. The standard InChI is InChI=1S/C24H35N3O/c1-17-24(4,5)21-8-7-18(14-22(21)26(17)6)25-19-13-20(16-23(2,3)15-19)27-9-11-28-12-10-27/h7-8,13-14,17H,9-12,15-16H2,1-6H3. The van der Waals surface area contributed by atoms with Gasteiger partial charge in [-0.3, -0.25) is 4.99 Å². The molecule has 0 bridgehead atoms. The highest BCUT2D eigenvalue weighted by atomic mass is 16.5. The van der Waals surface area contributed by atoms with E-state index >= 15 is 0 Å². The van der Waals surface area contributed by atoms with Crippen LogP contribution < -0.4 is 4.90 Å². The first-order valence-electron chi connectivity index (χ1n) is 10.7. The fourth-order valence-electron chi connectivity index (χ4n) is 4.97. The molecular formula is C24H35N3O. The third-order valence-corrected chi connectivity index (χ3v) is 7.02. The van der Waals surface area contributed by atoms with Gasteiger partial charge >= 0.3 is 0 Å². The lowest BCUT2D eigenvalue weighted by Gasteiger charge is -2.38. The smallest absolute Gasteiger partial charge is 0.0653 e. The molecule has 28 heavy (non-hydrogen) atoms. The summed E-state index contributed by atoms with van der Waals surface area (Å²) < 4.78 is 5.54. The van der Waals surface area contributed by atoms with E-state index in [9.17, 15) is 0 Å². The Labute approximate surface area is 170 Å². The van der Waals surface area contributed by atoms with Gasteiger partial charge in [0, 0.05) is 48.7 Å². The molecule has 1 aliphatic carbocycles. The minimum Gasteiger partial charge on any atom is -0.378 e. The van der Waals surface area contributed by atoms with E-state index in [0.717, 1.165) is 44.8 Å². The topological polar surface area (TPSA) is 28.1 Å². The molecule has 0 spiro atoms. The number of hydrogen-bond donors (Lipinski definition) is 0. The van der Waals surface area contributed by atoms with E-state index in [1.807, 2.05) is 0 Å². The molecule has 1 fully saturated rings. The highest BCUT2D eigenvalue weighted by Gasteiger charge is 2.40. The molecule has 1 unspecified atom stereocenters. The number of ether oxygens (including phenoxy) is 1. The lowest BCUT2D eigenvalue weighted by atomic mass is 9.78. The normalized spacial score (nSPS) is 27.7. The van der Waals surface area contributed by atoms with E-state index in [1.165, 1.54) is 22.7 Å². The maximum absolute atomic E-state index is 5.54. The van der Waals surface area contributed by atoms with E-state index in [4.69, 9.17) is 9.73 Å². The van der Waals surface area contributed by atoms with Crippen molar-refractivity contribution in [2.24, 2.45) is 10.4 Å². The Hall–Kier alpha value is -1.81. The van der Waals surface area contributed by atoms with Crippen LogP contribution >= 0.6 is 0 Å². The molecule has 0 aromatic heterocycles. The largest absolute Gasteiger partial charge is 0.378 e. The number of aliphatic imine (C=N–C) groups is 1. The second kappa shape index (κ2) is 6.91. The van der Waals surface area contributed by atoms with E-state index in [-0.39, 0.29) is 10.8 Å². The molecule has 3 aliphatic rings. The number of nitrogens with zero attached hydrogens (tertiary/aromatic N) is 3. The second-order valence-corrected chi connectivity index (χ2v) is 10.1. The Morgan fingerprint density at radius 1 is 1.07 bits per heavy atom. The maximum Gasteiger partial charge on any atom is 0.0653 e. The molecule has 1 aromatic rings. The molecule has 4 heteroatoms. The zero-order chi connectivity index (χ0) is 20.1. The number of allylic oxidation sites excluding steroid dienone is 2. The van der Waals surface area contributed by atoms with Crippen LogP contribution in [0.25, 0.3) is 0 Å². The summed E-state index contributed by atoms with van der Waals surface area (Å²) in [5.41, 5.74) is 6.86. The van der Waals surface area contributed by atoms with Crippen molar-refractivity contribution in [1.29, 1.82) is 0 Å². The number of benzene rings is 1. The van der Waals surface area contributed by atoms with Crippen molar-refractivity contribution >= 4 is 17.1 Å². The summed E-state index contributed by atoms with van der Waals surface area (Å²) in [5.74, 6) is 0. The number of morpholine rings is 1. The van der Waals surface area contributed by atoms with Crippen LogP contribution in [-0.4, -0.2) is 50.0 Å². The number of fused-ring (bicyclic) bond motifs is 1. The van der Waals surface area contributed by atoms with Gasteiger partial charge in [0.05, 0.1) is 18.9 Å². The number of hydrogen-bond acceptors (Lipinski definition) is 4. The van der Waals surface area contributed by atoms with Crippen LogP contribution in [0.3, 0.4) is 0 Å². The van der Waals surface area contributed by atoms with Crippen LogP contribution in [0.2, 0.25) is 0 Å². The van der Waals surface area contributed by atoms with E-state index in [0.29, 0.717) is 6.04 Å². The zero-order valence-corrected chi connectivity index (χ0v) is 18.4. The molecule has 0 N–H and O–H groups in total. The third-order valence-electron chi connectivity index (χ3n) is 7.02. The monoisotopic (exact) mass is 381 g/mol. The molecule has 1 saturated heterocycles. The molecule has 4 nitrogen and oxygen atoms in total. The number of rotatable bonds is 2. The second-order valence-electron chi connectivity index (χ2n) is 10.1. The molecule has 1 atom stereocenters. The van der Waals surface area contributed by atoms with Gasteiger partial charge < -0.3 is 14.5 Å². The summed E-state index contributed by atoms with van der Waals surface area (Å²) in [4.78, 5) is 9.99. The van der Waals surface area contributed by atoms with Crippen molar-refractivity contribution < 1.29 is 4.74 Å². The summed E-state index contributed by atoms with van der Waals surface area (Å²) in [5, 5.41) is 0. The van der Waals surface area contributed by atoms with Crippen LogP contribution in [0.1, 0.15) is 53.0 Å². The van der Waals surface area contributed by atoms with E-state index < -0.39 is 0 Å². The van der Waals surface area contributed by atoms with E-state index in [1.54, 1.807) is 0 Å². The van der Waals surface area contributed by atoms with Gasteiger partial charge in [-0.15, -0.1) is 0 Å². The van der Waals surface area contributed by atoms with Gasteiger partial charge in [-0.2, -0.15) is 0 Å². The quantitative estimate of drug-likeness (QED) is 0.728. The Balaban J connectivity index is 1.66. The molecule has 0 radical (unpaired) electrons. The van der Waals surface area contributed by atoms with Crippen LogP contribution in [-0.2, 0) is 10.2 Å². The lowest BCUT2D eigenvalue weighted by molar-refractivity contribution is 0.0491. The molecular weight excluding hydrogens is 346 g/mol. The van der Waals surface area contributed by atoms with Gasteiger partial charge in [0.15, 0.2) is 0 Å². The Kier molecular flexibility index (Phi) is 4.81. The molecule has 2 aliphatic heterocycles. The lowest BCUT2D eigenvalue weighted by Crippen LogP contribution is -2.39. The van der Waals surface area contributed by atoms with Crippen molar-refractivity contribution in [2.75, 3.05) is 38.3 Å². The fourth-order valence-corrected chi connectivity index (χ4v) is 4.97. The first-order valence-corrected chi connectivity index (χ1v) is 10.7. The van der Waals surface area contributed by atoms with Crippen molar-refractivity contribution in [3.8, 4) is 0 Å². The average molecular weight is 382 g/mol. The van der Waals surface area contributed by atoms with E-state index in [2.05, 4.69) is 75.7 Å². The van der Waals surface area contributed by atoms with Gasteiger partial charge in [0.2, 0.25) is 0 Å². The average Bonchev–Trinajstić information content (AvgIpc) is 2.81. The minimum absolute atomic E-state index is 0.173. The summed E-state index contributed by atoms with van der Waals surface area (Å²) >= 11 is 0. The zero-order valence-electron chi connectivity index (χ0n) is 18.4.